The number of hydrogen-bond donors (Lipinski definition) is 2. The van der Waals surface area contributed by atoms with Gasteiger partial charge in [0.2, 0.25) is 5.91 Å². The first kappa shape index (κ1) is 25.7. The van der Waals surface area contributed by atoms with Crippen molar-refractivity contribution in [2.45, 2.75) is 86.0 Å². The molecule has 1 amide bonds. The maximum Gasteiger partial charge on any atom is 0.320 e. The average Bonchev–Trinajstić information content (AvgIpc) is 2.69. The van der Waals surface area contributed by atoms with E-state index in [1.54, 1.807) is 0 Å². The third kappa shape index (κ3) is 6.45. The minimum Gasteiger partial charge on any atom is -0.481 e. The van der Waals surface area contributed by atoms with Gasteiger partial charge in [0.05, 0.1) is 7.11 Å². The van der Waals surface area contributed by atoms with E-state index >= 15 is 0 Å². The van der Waals surface area contributed by atoms with E-state index in [1.165, 1.54) is 13.5 Å². The van der Waals surface area contributed by atoms with Crippen LogP contribution in [0.4, 0.5) is 0 Å². The number of rotatable bonds is 11. The molecule has 0 heterocycles. The number of amides is 1. The maximum atomic E-state index is 12.1. The van der Waals surface area contributed by atoms with E-state index in [-0.39, 0.29) is 16.7 Å². The van der Waals surface area contributed by atoms with Gasteiger partial charge in [0.15, 0.2) is 5.92 Å². The third-order valence-electron chi connectivity index (χ3n) is 8.21. The lowest BCUT2D eigenvalue weighted by atomic mass is 9.47. The molecular formula is C25H43NO5. The van der Waals surface area contributed by atoms with Gasteiger partial charge in [-0.05, 0) is 79.4 Å². The summed E-state index contributed by atoms with van der Waals surface area (Å²) in [4.78, 5) is 35.7. The van der Waals surface area contributed by atoms with Gasteiger partial charge in [0, 0.05) is 13.0 Å². The maximum absolute atomic E-state index is 12.1. The van der Waals surface area contributed by atoms with Crippen LogP contribution in [-0.4, -0.2) is 36.6 Å². The highest BCUT2D eigenvalue weighted by molar-refractivity contribution is 5.93. The van der Waals surface area contributed by atoms with Crippen molar-refractivity contribution in [2.24, 2.45) is 40.4 Å². The van der Waals surface area contributed by atoms with Gasteiger partial charge < -0.3 is 15.2 Å². The van der Waals surface area contributed by atoms with E-state index < -0.39 is 17.9 Å². The summed E-state index contributed by atoms with van der Waals surface area (Å²) in [6.45, 7) is 11.8. The number of ether oxygens (including phenoxy) is 1. The number of carboxylic acids is 1. The van der Waals surface area contributed by atoms with Crippen molar-refractivity contribution < 1.29 is 24.2 Å². The first-order valence-corrected chi connectivity index (χ1v) is 12.0. The zero-order chi connectivity index (χ0) is 23.4. The number of aliphatic carboxylic acids is 1. The molecule has 2 N–H and O–H groups in total. The molecule has 3 aliphatic rings. The highest BCUT2D eigenvalue weighted by Gasteiger charge is 2.53. The monoisotopic (exact) mass is 437 g/mol. The molecule has 31 heavy (non-hydrogen) atoms. The highest BCUT2D eigenvalue weighted by atomic mass is 16.5. The molecule has 3 rings (SSSR count). The van der Waals surface area contributed by atoms with Crippen molar-refractivity contribution in [1.82, 2.24) is 5.32 Å². The molecule has 0 aromatic heterocycles. The molecule has 0 radical (unpaired) electrons. The Balaban J connectivity index is 1.96. The van der Waals surface area contributed by atoms with Crippen LogP contribution in [0, 0.1) is 40.4 Å². The first-order chi connectivity index (χ1) is 14.4. The average molecular weight is 438 g/mol. The number of esters is 1. The first-order valence-electron chi connectivity index (χ1n) is 12.0. The summed E-state index contributed by atoms with van der Waals surface area (Å²) in [5.74, 6) is -0.600. The summed E-state index contributed by atoms with van der Waals surface area (Å²) in [6, 6.07) is 0. The van der Waals surface area contributed by atoms with Crippen molar-refractivity contribution >= 4 is 17.8 Å². The molecule has 2 bridgehead atoms. The molecular weight excluding hydrogens is 394 g/mol. The lowest BCUT2D eigenvalue weighted by Crippen LogP contribution is -2.50. The molecule has 0 spiro atoms. The Bertz CT molecular complexity index is 658. The Hall–Kier alpha value is -1.59. The van der Waals surface area contributed by atoms with E-state index in [9.17, 15) is 19.5 Å². The summed E-state index contributed by atoms with van der Waals surface area (Å²) in [5, 5.41) is 12.6. The highest BCUT2D eigenvalue weighted by Crippen LogP contribution is 2.61. The predicted molar refractivity (Wildman–Crippen MR) is 120 cm³/mol. The second kappa shape index (κ2) is 10.4. The Morgan fingerprint density at radius 2 is 1.90 bits per heavy atom. The molecule has 5 atom stereocenters. The minimum absolute atomic E-state index is 0.116. The van der Waals surface area contributed by atoms with Crippen LogP contribution in [0.1, 0.15) is 86.0 Å². The van der Waals surface area contributed by atoms with Crippen LogP contribution in [0.2, 0.25) is 0 Å². The van der Waals surface area contributed by atoms with Gasteiger partial charge in [0.1, 0.15) is 0 Å². The van der Waals surface area contributed by atoms with Crippen molar-refractivity contribution in [3.63, 3.8) is 0 Å². The number of carbonyl (C=O) groups is 3. The molecule has 3 fully saturated rings. The van der Waals surface area contributed by atoms with Crippen LogP contribution in [0.25, 0.3) is 0 Å². The zero-order valence-electron chi connectivity index (χ0n) is 20.3. The molecule has 0 aromatic carbocycles. The van der Waals surface area contributed by atoms with Crippen LogP contribution in [0.15, 0.2) is 0 Å². The Morgan fingerprint density at radius 3 is 2.42 bits per heavy atom. The quantitative estimate of drug-likeness (QED) is 0.362. The van der Waals surface area contributed by atoms with E-state index in [2.05, 4.69) is 39.9 Å². The Kier molecular flexibility index (Phi) is 8.57. The molecule has 0 aromatic rings. The Morgan fingerprint density at radius 1 is 1.23 bits per heavy atom. The minimum atomic E-state index is -1.08. The van der Waals surface area contributed by atoms with Gasteiger partial charge in [-0.3, -0.25) is 14.4 Å². The normalized spacial score (nSPS) is 28.9. The van der Waals surface area contributed by atoms with Gasteiger partial charge in [0.25, 0.3) is 0 Å². The summed E-state index contributed by atoms with van der Waals surface area (Å²) < 4.78 is 4.76. The zero-order valence-corrected chi connectivity index (χ0v) is 20.3. The van der Waals surface area contributed by atoms with Crippen molar-refractivity contribution in [3.8, 4) is 0 Å². The van der Waals surface area contributed by atoms with Crippen molar-refractivity contribution in [1.29, 1.82) is 0 Å². The lowest BCUT2D eigenvalue weighted by Gasteiger charge is -2.58. The number of hydrogen-bond acceptors (Lipinski definition) is 4. The summed E-state index contributed by atoms with van der Waals surface area (Å²) in [5.41, 5.74) is -0.0254. The summed E-state index contributed by atoms with van der Waals surface area (Å²) in [7, 11) is 1.26. The number of methoxy groups -OCH3 is 1. The van der Waals surface area contributed by atoms with Crippen LogP contribution in [0.5, 0.6) is 0 Å². The predicted octanol–water partition coefficient (Wildman–Crippen LogP) is 4.66. The molecule has 178 valence electrons. The van der Waals surface area contributed by atoms with Crippen LogP contribution in [-0.2, 0) is 19.1 Å². The van der Waals surface area contributed by atoms with Gasteiger partial charge in [-0.25, -0.2) is 0 Å². The molecule has 3 aliphatic carbocycles. The van der Waals surface area contributed by atoms with E-state index in [4.69, 9.17) is 4.74 Å². The van der Waals surface area contributed by atoms with Gasteiger partial charge in [-0.1, -0.05) is 34.6 Å². The third-order valence-corrected chi connectivity index (χ3v) is 8.21. The second-order valence-corrected chi connectivity index (χ2v) is 11.4. The van der Waals surface area contributed by atoms with Crippen molar-refractivity contribution in [3.05, 3.63) is 0 Å². The van der Waals surface area contributed by atoms with Crippen molar-refractivity contribution in [2.75, 3.05) is 13.7 Å². The fourth-order valence-corrected chi connectivity index (χ4v) is 6.18. The van der Waals surface area contributed by atoms with Gasteiger partial charge in [-0.15, -0.1) is 0 Å². The second-order valence-electron chi connectivity index (χ2n) is 11.4. The number of fused-ring (bicyclic) bond motifs is 3. The van der Waals surface area contributed by atoms with Gasteiger partial charge >= 0.3 is 11.9 Å². The number of nitrogens with one attached hydrogen (secondary N) is 1. The SMILES string of the molecule is COC(=O)C(CC1(C)CC2CCC1CC2C(C)(C)CCNC(=O)CCC(C)C)C(=O)O. The molecule has 0 aliphatic heterocycles. The van der Waals surface area contributed by atoms with Crippen LogP contribution >= 0.6 is 0 Å². The summed E-state index contributed by atoms with van der Waals surface area (Å²) in [6.07, 6.45) is 7.13. The smallest absolute Gasteiger partial charge is 0.320 e. The number of carboxylic acid groups (broad SMARTS) is 1. The van der Waals surface area contributed by atoms with Gasteiger partial charge in [-0.2, -0.15) is 0 Å². The van der Waals surface area contributed by atoms with Crippen LogP contribution < -0.4 is 5.32 Å². The van der Waals surface area contributed by atoms with E-state index in [0.717, 1.165) is 32.1 Å². The lowest BCUT2D eigenvalue weighted by molar-refractivity contribution is -0.161. The number of carbonyl (C=O) groups excluding carboxylic acids is 2. The molecule has 5 unspecified atom stereocenters. The largest absolute Gasteiger partial charge is 0.481 e. The van der Waals surface area contributed by atoms with E-state index in [1.807, 2.05) is 0 Å². The molecule has 6 heteroatoms. The summed E-state index contributed by atoms with van der Waals surface area (Å²) >= 11 is 0. The molecule has 0 saturated heterocycles. The molecule has 3 saturated carbocycles. The fourth-order valence-electron chi connectivity index (χ4n) is 6.18. The fraction of sp³-hybridized carbons (Fsp3) is 0.880. The standard InChI is InChI=1S/C25H43NO5/c1-16(2)7-10-21(27)26-12-11-24(3,4)20-13-18-9-8-17(20)14-25(18,5)15-19(22(28)29)23(30)31-6/h16-20H,7-15H2,1-6H3,(H,26,27)(H,28,29). The van der Waals surface area contributed by atoms with E-state index in [0.29, 0.717) is 43.1 Å². The topological polar surface area (TPSA) is 92.7 Å². The molecule has 6 nitrogen and oxygen atoms in total. The Labute approximate surface area is 187 Å². The van der Waals surface area contributed by atoms with Crippen LogP contribution in [0.3, 0.4) is 0 Å².